The first-order valence-corrected chi connectivity index (χ1v) is 8.00. The van der Waals surface area contributed by atoms with E-state index in [4.69, 9.17) is 23.8 Å². The number of rotatable bonds is 9. The molecule has 2 rings (SSSR count). The molecule has 1 N–H and O–H groups in total. The lowest BCUT2D eigenvalue weighted by atomic mass is 10.2. The summed E-state index contributed by atoms with van der Waals surface area (Å²) in [6.45, 7) is -0.275. The molecule has 2 aromatic rings. The first-order valence-electron chi connectivity index (χ1n) is 8.00. The fraction of sp³-hybridized carbons (Fsp3) is 0.263. The van der Waals surface area contributed by atoms with Gasteiger partial charge in [0.15, 0.2) is 6.61 Å². The van der Waals surface area contributed by atoms with Gasteiger partial charge in [-0.1, -0.05) is 5.16 Å². The van der Waals surface area contributed by atoms with Gasteiger partial charge in [-0.3, -0.25) is 4.79 Å². The minimum Gasteiger partial charge on any atom is -0.497 e. The SMILES string of the molecule is COc1ccc(OC)c(/C=N\OCC(=O)Nc2cc(OC)ccc2OC)c1. The van der Waals surface area contributed by atoms with Crippen molar-refractivity contribution in [2.24, 2.45) is 5.16 Å². The Labute approximate surface area is 157 Å². The van der Waals surface area contributed by atoms with E-state index in [2.05, 4.69) is 10.5 Å². The van der Waals surface area contributed by atoms with Gasteiger partial charge in [-0.2, -0.15) is 0 Å². The van der Waals surface area contributed by atoms with Crippen LogP contribution in [-0.2, 0) is 9.63 Å². The highest BCUT2D eigenvalue weighted by molar-refractivity contribution is 5.93. The number of oxime groups is 1. The molecule has 2 aromatic carbocycles. The number of amides is 1. The molecule has 0 atom stereocenters. The molecule has 0 spiro atoms. The van der Waals surface area contributed by atoms with Crippen LogP contribution in [-0.4, -0.2) is 47.2 Å². The van der Waals surface area contributed by atoms with Crippen molar-refractivity contribution in [2.75, 3.05) is 40.4 Å². The molecule has 0 heterocycles. The third-order valence-electron chi connectivity index (χ3n) is 3.58. The molecule has 1 amide bonds. The fourth-order valence-corrected chi connectivity index (χ4v) is 2.23. The summed E-state index contributed by atoms with van der Waals surface area (Å²) >= 11 is 0. The van der Waals surface area contributed by atoms with Crippen LogP contribution in [0.3, 0.4) is 0 Å². The average molecular weight is 374 g/mol. The highest BCUT2D eigenvalue weighted by atomic mass is 16.6. The van der Waals surface area contributed by atoms with E-state index in [0.29, 0.717) is 34.2 Å². The van der Waals surface area contributed by atoms with Gasteiger partial charge in [-0.05, 0) is 30.3 Å². The molecular formula is C19H22N2O6. The molecule has 8 heteroatoms. The van der Waals surface area contributed by atoms with E-state index in [0.717, 1.165) is 0 Å². The maximum Gasteiger partial charge on any atom is 0.265 e. The fourth-order valence-electron chi connectivity index (χ4n) is 2.23. The van der Waals surface area contributed by atoms with Gasteiger partial charge < -0.3 is 29.1 Å². The number of nitrogens with one attached hydrogen (secondary N) is 1. The van der Waals surface area contributed by atoms with Crippen LogP contribution in [0.15, 0.2) is 41.6 Å². The normalized spacial score (nSPS) is 10.4. The average Bonchev–Trinajstić information content (AvgIpc) is 2.70. The number of benzene rings is 2. The lowest BCUT2D eigenvalue weighted by Crippen LogP contribution is -2.17. The Hall–Kier alpha value is -3.42. The van der Waals surface area contributed by atoms with Crippen molar-refractivity contribution in [3.05, 3.63) is 42.0 Å². The number of methoxy groups -OCH3 is 4. The molecule has 8 nitrogen and oxygen atoms in total. The molecule has 0 radical (unpaired) electrons. The van der Waals surface area contributed by atoms with Gasteiger partial charge in [0.05, 0.1) is 40.3 Å². The maximum absolute atomic E-state index is 12.1. The summed E-state index contributed by atoms with van der Waals surface area (Å²) in [4.78, 5) is 17.1. The molecule has 0 aliphatic carbocycles. The highest BCUT2D eigenvalue weighted by Crippen LogP contribution is 2.28. The van der Waals surface area contributed by atoms with Gasteiger partial charge in [0.2, 0.25) is 0 Å². The van der Waals surface area contributed by atoms with Crippen molar-refractivity contribution in [1.82, 2.24) is 0 Å². The van der Waals surface area contributed by atoms with Crippen LogP contribution in [0.25, 0.3) is 0 Å². The third kappa shape index (κ3) is 5.53. The van der Waals surface area contributed by atoms with Gasteiger partial charge in [0, 0.05) is 11.6 Å². The predicted octanol–water partition coefficient (Wildman–Crippen LogP) is 2.71. The molecule has 0 unspecified atom stereocenters. The minimum atomic E-state index is -0.392. The molecular weight excluding hydrogens is 352 g/mol. The molecule has 0 fully saturated rings. The van der Waals surface area contributed by atoms with E-state index in [1.54, 1.807) is 50.6 Å². The first-order chi connectivity index (χ1) is 13.1. The summed E-state index contributed by atoms with van der Waals surface area (Å²) in [5.41, 5.74) is 1.13. The van der Waals surface area contributed by atoms with Crippen LogP contribution < -0.4 is 24.3 Å². The predicted molar refractivity (Wildman–Crippen MR) is 101 cm³/mol. The van der Waals surface area contributed by atoms with Crippen LogP contribution in [0.5, 0.6) is 23.0 Å². The van der Waals surface area contributed by atoms with E-state index in [1.165, 1.54) is 20.4 Å². The summed E-state index contributed by atoms with van der Waals surface area (Å²) in [5.74, 6) is 1.97. The zero-order valence-corrected chi connectivity index (χ0v) is 15.6. The van der Waals surface area contributed by atoms with Crippen molar-refractivity contribution >= 4 is 17.8 Å². The zero-order valence-electron chi connectivity index (χ0n) is 15.6. The number of nitrogens with zero attached hydrogens (tertiary/aromatic N) is 1. The van der Waals surface area contributed by atoms with Crippen LogP contribution in [0.2, 0.25) is 0 Å². The Morgan fingerprint density at radius 2 is 1.56 bits per heavy atom. The second-order valence-electron chi connectivity index (χ2n) is 5.23. The largest absolute Gasteiger partial charge is 0.497 e. The number of anilines is 1. The Morgan fingerprint density at radius 1 is 0.926 bits per heavy atom. The first kappa shape index (κ1) is 19.9. The summed E-state index contributed by atoms with van der Waals surface area (Å²) in [6.07, 6.45) is 1.45. The molecule has 0 saturated heterocycles. The number of ether oxygens (including phenoxy) is 4. The van der Waals surface area contributed by atoms with Crippen molar-refractivity contribution in [3.8, 4) is 23.0 Å². The molecule has 0 bridgehead atoms. The van der Waals surface area contributed by atoms with Crippen molar-refractivity contribution in [2.45, 2.75) is 0 Å². The highest BCUT2D eigenvalue weighted by Gasteiger charge is 2.09. The van der Waals surface area contributed by atoms with Crippen LogP contribution >= 0.6 is 0 Å². The van der Waals surface area contributed by atoms with Crippen LogP contribution in [0, 0.1) is 0 Å². The quantitative estimate of drug-likeness (QED) is 0.536. The smallest absolute Gasteiger partial charge is 0.265 e. The number of hydrogen-bond acceptors (Lipinski definition) is 7. The maximum atomic E-state index is 12.1. The van der Waals surface area contributed by atoms with E-state index in [-0.39, 0.29) is 6.61 Å². The lowest BCUT2D eigenvalue weighted by molar-refractivity contribution is -0.120. The Kier molecular flexibility index (Phi) is 7.30. The molecule has 0 aliphatic heterocycles. The van der Waals surface area contributed by atoms with Crippen LogP contribution in [0.4, 0.5) is 5.69 Å². The number of carbonyl (C=O) groups is 1. The molecule has 0 aromatic heterocycles. The Morgan fingerprint density at radius 3 is 2.19 bits per heavy atom. The topological polar surface area (TPSA) is 87.6 Å². The molecule has 0 aliphatic rings. The third-order valence-corrected chi connectivity index (χ3v) is 3.58. The van der Waals surface area contributed by atoms with Crippen molar-refractivity contribution in [1.29, 1.82) is 0 Å². The molecule has 144 valence electrons. The zero-order chi connectivity index (χ0) is 19.6. The van der Waals surface area contributed by atoms with E-state index in [9.17, 15) is 4.79 Å². The summed E-state index contributed by atoms with van der Waals surface area (Å²) in [7, 11) is 6.17. The number of hydrogen-bond donors (Lipinski definition) is 1. The van der Waals surface area contributed by atoms with Crippen LogP contribution in [0.1, 0.15) is 5.56 Å². The van der Waals surface area contributed by atoms with Gasteiger partial charge in [-0.25, -0.2) is 0 Å². The molecule has 27 heavy (non-hydrogen) atoms. The second kappa shape index (κ2) is 9.91. The molecule has 0 saturated carbocycles. The van der Waals surface area contributed by atoms with E-state index < -0.39 is 5.91 Å². The van der Waals surface area contributed by atoms with Gasteiger partial charge >= 0.3 is 0 Å². The monoisotopic (exact) mass is 374 g/mol. The standard InChI is InChI=1S/C19H22N2O6/c1-23-14-5-7-17(25-3)13(9-14)11-20-27-12-19(22)21-16-10-15(24-2)6-8-18(16)26-4/h5-11H,12H2,1-4H3,(H,21,22)/b20-11-. The Balaban J connectivity index is 1.96. The van der Waals surface area contributed by atoms with E-state index in [1.807, 2.05) is 0 Å². The summed E-state index contributed by atoms with van der Waals surface area (Å²) < 4.78 is 20.8. The summed E-state index contributed by atoms with van der Waals surface area (Å²) in [6, 6.07) is 10.3. The minimum absolute atomic E-state index is 0.275. The Bertz CT molecular complexity index is 807. The van der Waals surface area contributed by atoms with Crippen molar-refractivity contribution < 1.29 is 28.6 Å². The summed E-state index contributed by atoms with van der Waals surface area (Å²) in [5, 5.41) is 6.49. The second-order valence-corrected chi connectivity index (χ2v) is 5.23. The van der Waals surface area contributed by atoms with Gasteiger partial charge in [0.1, 0.15) is 23.0 Å². The van der Waals surface area contributed by atoms with E-state index >= 15 is 0 Å². The van der Waals surface area contributed by atoms with Crippen molar-refractivity contribution in [3.63, 3.8) is 0 Å². The van der Waals surface area contributed by atoms with Gasteiger partial charge in [-0.15, -0.1) is 0 Å². The lowest BCUT2D eigenvalue weighted by Gasteiger charge is -2.11. The van der Waals surface area contributed by atoms with Gasteiger partial charge in [0.25, 0.3) is 5.91 Å². The number of carbonyl (C=O) groups excluding carboxylic acids is 1.